The van der Waals surface area contributed by atoms with Gasteiger partial charge in [0.15, 0.2) is 0 Å². The summed E-state index contributed by atoms with van der Waals surface area (Å²) in [5.41, 5.74) is 5.17. The van der Waals surface area contributed by atoms with Gasteiger partial charge < -0.3 is 5.32 Å². The van der Waals surface area contributed by atoms with Gasteiger partial charge in [-0.15, -0.1) is 0 Å². The van der Waals surface area contributed by atoms with Crippen LogP contribution in [0.4, 0.5) is 0 Å². The minimum atomic E-state index is 0.0632. The molecule has 110 valence electrons. The van der Waals surface area contributed by atoms with Crippen LogP contribution in [0.2, 0.25) is 0 Å². The molecule has 4 nitrogen and oxygen atoms in total. The topological polar surface area (TPSA) is 65.8 Å². The van der Waals surface area contributed by atoms with E-state index < -0.39 is 0 Å². The van der Waals surface area contributed by atoms with Crippen molar-refractivity contribution in [2.75, 3.05) is 0 Å². The molecular weight excluding hydrogens is 274 g/mol. The number of benzene rings is 1. The number of carbonyl (C=O) groups is 1. The summed E-state index contributed by atoms with van der Waals surface area (Å²) in [5, 5.41) is 12.0. The maximum atomic E-state index is 11.6. The molecule has 1 amide bonds. The lowest BCUT2D eigenvalue weighted by molar-refractivity contribution is -0.121. The number of aromatic nitrogens is 1. The highest BCUT2D eigenvalue weighted by molar-refractivity contribution is 5.77. The first-order valence-electron chi connectivity index (χ1n) is 7.49. The van der Waals surface area contributed by atoms with Crippen molar-refractivity contribution in [3.05, 3.63) is 53.3 Å². The van der Waals surface area contributed by atoms with Crippen molar-refractivity contribution in [3.63, 3.8) is 0 Å². The van der Waals surface area contributed by atoms with Crippen molar-refractivity contribution in [1.82, 2.24) is 10.3 Å². The van der Waals surface area contributed by atoms with E-state index in [1.165, 1.54) is 5.56 Å². The van der Waals surface area contributed by atoms with Crippen LogP contribution in [0.15, 0.2) is 36.7 Å². The number of hydrogen-bond donors (Lipinski definition) is 1. The molecule has 0 aliphatic heterocycles. The Bertz CT molecular complexity index is 744. The van der Waals surface area contributed by atoms with Gasteiger partial charge in [-0.25, -0.2) is 0 Å². The number of pyridine rings is 1. The number of nitriles is 1. The predicted octanol–water partition coefficient (Wildman–Crippen LogP) is 3.13. The third-order valence-corrected chi connectivity index (χ3v) is 4.13. The smallest absolute Gasteiger partial charge is 0.220 e. The van der Waals surface area contributed by atoms with Crippen LogP contribution in [-0.4, -0.2) is 10.9 Å². The lowest BCUT2D eigenvalue weighted by Crippen LogP contribution is -2.26. The second kappa shape index (κ2) is 5.98. The van der Waals surface area contributed by atoms with Gasteiger partial charge in [-0.05, 0) is 41.7 Å². The van der Waals surface area contributed by atoms with Crippen molar-refractivity contribution >= 4 is 5.91 Å². The van der Waals surface area contributed by atoms with E-state index in [-0.39, 0.29) is 11.9 Å². The summed E-state index contributed by atoms with van der Waals surface area (Å²) < 4.78 is 0. The first kappa shape index (κ1) is 14.3. The van der Waals surface area contributed by atoms with Crippen molar-refractivity contribution in [2.45, 2.75) is 32.2 Å². The fraction of sp³-hybridized carbons (Fsp3) is 0.278. The molecule has 4 heteroatoms. The minimum absolute atomic E-state index is 0.0632. The Morgan fingerprint density at radius 1 is 1.36 bits per heavy atom. The molecule has 1 atom stereocenters. The Balaban J connectivity index is 1.95. The third kappa shape index (κ3) is 2.58. The van der Waals surface area contributed by atoms with Crippen molar-refractivity contribution < 1.29 is 4.79 Å². The van der Waals surface area contributed by atoms with E-state index in [2.05, 4.69) is 16.4 Å². The standard InChI is InChI=1S/C18H17N3O/c1-2-18(22)21-17-8-7-14-15(10-20-11-16(14)17)13-5-3-12(9-19)4-6-13/h3-6,10-11,17H,2,7-8H2,1H3,(H,21,22)/t17-/m0/s1. The molecule has 0 radical (unpaired) electrons. The van der Waals surface area contributed by atoms with E-state index in [1.54, 1.807) is 0 Å². The fourth-order valence-corrected chi connectivity index (χ4v) is 2.95. The number of fused-ring (bicyclic) bond motifs is 1. The van der Waals surface area contributed by atoms with Gasteiger partial charge in [0.25, 0.3) is 0 Å². The van der Waals surface area contributed by atoms with Gasteiger partial charge in [0.05, 0.1) is 17.7 Å². The van der Waals surface area contributed by atoms with E-state index in [9.17, 15) is 4.79 Å². The summed E-state index contributed by atoms with van der Waals surface area (Å²) >= 11 is 0. The number of amides is 1. The first-order chi connectivity index (χ1) is 10.7. The van der Waals surface area contributed by atoms with Gasteiger partial charge in [0.2, 0.25) is 5.91 Å². The van der Waals surface area contributed by atoms with Gasteiger partial charge in [0.1, 0.15) is 0 Å². The zero-order chi connectivity index (χ0) is 15.5. The van der Waals surface area contributed by atoms with Crippen molar-refractivity contribution in [2.24, 2.45) is 0 Å². The summed E-state index contributed by atoms with van der Waals surface area (Å²) in [6, 6.07) is 9.74. The number of carbonyl (C=O) groups excluding carboxylic acids is 1. The van der Waals surface area contributed by atoms with E-state index in [4.69, 9.17) is 5.26 Å². The van der Waals surface area contributed by atoms with Crippen LogP contribution >= 0.6 is 0 Å². The molecule has 2 aromatic rings. The number of hydrogen-bond acceptors (Lipinski definition) is 3. The number of nitrogens with zero attached hydrogens (tertiary/aromatic N) is 2. The molecule has 1 aromatic heterocycles. The van der Waals surface area contributed by atoms with Crippen LogP contribution in [-0.2, 0) is 11.2 Å². The van der Waals surface area contributed by atoms with E-state index in [0.29, 0.717) is 12.0 Å². The fourth-order valence-electron chi connectivity index (χ4n) is 2.95. The van der Waals surface area contributed by atoms with E-state index in [0.717, 1.165) is 29.5 Å². The number of nitrogens with one attached hydrogen (secondary N) is 1. The van der Waals surface area contributed by atoms with Gasteiger partial charge in [0, 0.05) is 24.4 Å². The van der Waals surface area contributed by atoms with Crippen molar-refractivity contribution in [3.8, 4) is 17.2 Å². The zero-order valence-corrected chi connectivity index (χ0v) is 12.5. The third-order valence-electron chi connectivity index (χ3n) is 4.13. The molecule has 1 aliphatic rings. The van der Waals surface area contributed by atoms with Crippen LogP contribution in [0.25, 0.3) is 11.1 Å². The molecule has 0 spiro atoms. The Labute approximate surface area is 129 Å². The molecule has 3 rings (SSSR count). The Morgan fingerprint density at radius 3 is 2.82 bits per heavy atom. The average Bonchev–Trinajstić information content (AvgIpc) is 2.98. The molecule has 1 aliphatic carbocycles. The molecule has 0 unspecified atom stereocenters. The summed E-state index contributed by atoms with van der Waals surface area (Å²) in [6.07, 6.45) is 6.06. The van der Waals surface area contributed by atoms with Crippen LogP contribution in [0.1, 0.15) is 42.5 Å². The molecule has 22 heavy (non-hydrogen) atoms. The van der Waals surface area contributed by atoms with Crippen LogP contribution in [0, 0.1) is 11.3 Å². The lowest BCUT2D eigenvalue weighted by Gasteiger charge is -2.14. The van der Waals surface area contributed by atoms with E-state index in [1.807, 2.05) is 43.6 Å². The number of rotatable bonds is 3. The maximum absolute atomic E-state index is 11.6. The highest BCUT2D eigenvalue weighted by Crippen LogP contribution is 2.37. The molecule has 1 N–H and O–H groups in total. The molecular formula is C18H17N3O. The summed E-state index contributed by atoms with van der Waals surface area (Å²) in [5.74, 6) is 0.0710. The summed E-state index contributed by atoms with van der Waals surface area (Å²) in [7, 11) is 0. The highest BCUT2D eigenvalue weighted by atomic mass is 16.1. The van der Waals surface area contributed by atoms with Crippen LogP contribution < -0.4 is 5.32 Å². The molecule has 0 bridgehead atoms. The second-order valence-corrected chi connectivity index (χ2v) is 5.46. The van der Waals surface area contributed by atoms with Crippen molar-refractivity contribution in [1.29, 1.82) is 5.26 Å². The van der Waals surface area contributed by atoms with Crippen LogP contribution in [0.5, 0.6) is 0 Å². The molecule has 1 aromatic carbocycles. The predicted molar refractivity (Wildman–Crippen MR) is 83.9 cm³/mol. The summed E-state index contributed by atoms with van der Waals surface area (Å²) in [6.45, 7) is 1.86. The Hall–Kier alpha value is -2.67. The van der Waals surface area contributed by atoms with Crippen LogP contribution in [0.3, 0.4) is 0 Å². The Morgan fingerprint density at radius 2 is 2.14 bits per heavy atom. The second-order valence-electron chi connectivity index (χ2n) is 5.46. The lowest BCUT2D eigenvalue weighted by atomic mass is 9.98. The van der Waals surface area contributed by atoms with Gasteiger partial charge in [-0.1, -0.05) is 19.1 Å². The summed E-state index contributed by atoms with van der Waals surface area (Å²) in [4.78, 5) is 16.0. The quantitative estimate of drug-likeness (QED) is 0.944. The maximum Gasteiger partial charge on any atom is 0.220 e. The average molecular weight is 291 g/mol. The monoisotopic (exact) mass is 291 g/mol. The van der Waals surface area contributed by atoms with Gasteiger partial charge >= 0.3 is 0 Å². The van der Waals surface area contributed by atoms with Gasteiger partial charge in [-0.3, -0.25) is 9.78 Å². The zero-order valence-electron chi connectivity index (χ0n) is 12.5. The Kier molecular flexibility index (Phi) is 3.88. The highest BCUT2D eigenvalue weighted by Gasteiger charge is 2.26. The SMILES string of the molecule is CCC(=O)N[C@H]1CCc2c(-c3ccc(C#N)cc3)cncc21. The molecule has 0 fully saturated rings. The molecule has 0 saturated heterocycles. The van der Waals surface area contributed by atoms with Gasteiger partial charge in [-0.2, -0.15) is 5.26 Å². The van der Waals surface area contributed by atoms with E-state index >= 15 is 0 Å². The molecule has 0 saturated carbocycles. The largest absolute Gasteiger partial charge is 0.349 e. The first-order valence-corrected chi connectivity index (χ1v) is 7.49. The minimum Gasteiger partial charge on any atom is -0.349 e. The normalized spacial score (nSPS) is 15.9. The molecule has 1 heterocycles.